The van der Waals surface area contributed by atoms with Gasteiger partial charge in [-0.05, 0) is 30.3 Å². The zero-order valence-corrected chi connectivity index (χ0v) is 11.9. The number of urea groups is 1. The molecule has 0 aliphatic carbocycles. The van der Waals surface area contributed by atoms with Crippen LogP contribution < -0.4 is 10.2 Å². The summed E-state index contributed by atoms with van der Waals surface area (Å²) in [6.45, 7) is 0. The summed E-state index contributed by atoms with van der Waals surface area (Å²) in [5.74, 6) is 0. The van der Waals surface area contributed by atoms with Crippen LogP contribution in [0.4, 0.5) is 16.5 Å². The molecule has 3 rings (SSSR count). The summed E-state index contributed by atoms with van der Waals surface area (Å²) in [6, 6.07) is 12.8. The highest BCUT2D eigenvalue weighted by atomic mass is 35.5. The van der Waals surface area contributed by atoms with Crippen molar-refractivity contribution in [3.63, 3.8) is 0 Å². The number of nitrogens with zero attached hydrogens (tertiary/aromatic N) is 2. The maximum atomic E-state index is 12.2. The van der Waals surface area contributed by atoms with E-state index in [9.17, 15) is 9.59 Å². The van der Waals surface area contributed by atoms with E-state index in [1.807, 2.05) is 0 Å². The average Bonchev–Trinajstić information content (AvgIpc) is 2.90. The van der Waals surface area contributed by atoms with Crippen molar-refractivity contribution in [1.82, 2.24) is 4.98 Å². The third kappa shape index (κ3) is 2.77. The number of rotatable bonds is 3. The van der Waals surface area contributed by atoms with Crippen LogP contribution in [0.3, 0.4) is 0 Å². The number of carbonyl (C=O) groups is 2. The van der Waals surface area contributed by atoms with E-state index in [4.69, 9.17) is 16.0 Å². The molecule has 0 radical (unpaired) electrons. The summed E-state index contributed by atoms with van der Waals surface area (Å²) in [5, 5.41) is 2.85. The molecule has 22 heavy (non-hydrogen) atoms. The van der Waals surface area contributed by atoms with Crippen LogP contribution in [0.5, 0.6) is 0 Å². The lowest BCUT2D eigenvalue weighted by atomic mass is 10.3. The van der Waals surface area contributed by atoms with Crippen molar-refractivity contribution in [3.05, 3.63) is 53.6 Å². The number of carbonyl (C=O) groups excluding carboxylic acids is 2. The fourth-order valence-electron chi connectivity index (χ4n) is 1.93. The summed E-state index contributed by atoms with van der Waals surface area (Å²) in [4.78, 5) is 28.4. The molecule has 0 aliphatic rings. The van der Waals surface area contributed by atoms with Crippen LogP contribution in [-0.4, -0.2) is 17.4 Å². The van der Waals surface area contributed by atoms with Crippen LogP contribution in [0.15, 0.2) is 52.9 Å². The maximum Gasteiger partial charge on any atom is 0.336 e. The summed E-state index contributed by atoms with van der Waals surface area (Å²) in [6.07, 6.45) is 0.393. The number of imide groups is 1. The van der Waals surface area contributed by atoms with Crippen LogP contribution in [0, 0.1) is 0 Å². The van der Waals surface area contributed by atoms with Gasteiger partial charge >= 0.3 is 12.0 Å². The molecule has 3 amide bonds. The van der Waals surface area contributed by atoms with Gasteiger partial charge in [-0.25, -0.2) is 9.69 Å². The minimum absolute atomic E-state index is 0.0140. The highest BCUT2D eigenvalue weighted by Crippen LogP contribution is 2.21. The number of halogens is 1. The molecule has 0 aliphatic heterocycles. The van der Waals surface area contributed by atoms with E-state index in [0.29, 0.717) is 28.2 Å². The van der Waals surface area contributed by atoms with Gasteiger partial charge in [-0.3, -0.25) is 10.1 Å². The van der Waals surface area contributed by atoms with E-state index in [-0.39, 0.29) is 6.01 Å². The Bertz CT molecular complexity index is 814. The molecule has 0 bridgehead atoms. The third-order valence-corrected chi connectivity index (χ3v) is 3.15. The van der Waals surface area contributed by atoms with Crippen molar-refractivity contribution in [2.45, 2.75) is 0 Å². The Balaban J connectivity index is 1.84. The predicted octanol–water partition coefficient (Wildman–Crippen LogP) is 3.68. The number of hydrogen-bond donors (Lipinski definition) is 1. The van der Waals surface area contributed by atoms with Crippen LogP contribution in [0.25, 0.3) is 11.1 Å². The second kappa shape index (κ2) is 5.87. The second-order valence-corrected chi connectivity index (χ2v) is 4.81. The van der Waals surface area contributed by atoms with Gasteiger partial charge in [0.2, 0.25) is 6.41 Å². The maximum absolute atomic E-state index is 12.2. The molecule has 1 aromatic heterocycles. The topological polar surface area (TPSA) is 75.4 Å². The molecule has 0 saturated heterocycles. The number of benzene rings is 2. The van der Waals surface area contributed by atoms with Gasteiger partial charge in [-0.2, -0.15) is 4.98 Å². The number of oxazole rings is 1. The summed E-state index contributed by atoms with van der Waals surface area (Å²) < 4.78 is 5.38. The van der Waals surface area contributed by atoms with Crippen molar-refractivity contribution in [3.8, 4) is 0 Å². The van der Waals surface area contributed by atoms with Crippen molar-refractivity contribution in [2.75, 3.05) is 10.2 Å². The Hall–Kier alpha value is -2.86. The largest absolute Gasteiger partial charge is 0.423 e. The highest BCUT2D eigenvalue weighted by molar-refractivity contribution is 6.31. The van der Waals surface area contributed by atoms with E-state index in [2.05, 4.69) is 10.3 Å². The zero-order chi connectivity index (χ0) is 15.5. The van der Waals surface area contributed by atoms with Gasteiger partial charge in [0.15, 0.2) is 5.58 Å². The van der Waals surface area contributed by atoms with E-state index >= 15 is 0 Å². The number of fused-ring (bicyclic) bond motifs is 1. The Morgan fingerprint density at radius 2 is 2.05 bits per heavy atom. The first-order valence-corrected chi connectivity index (χ1v) is 6.72. The number of hydrogen-bond acceptors (Lipinski definition) is 4. The first kappa shape index (κ1) is 14.1. The molecule has 0 spiro atoms. The van der Waals surface area contributed by atoms with Crippen molar-refractivity contribution in [2.24, 2.45) is 0 Å². The van der Waals surface area contributed by atoms with Gasteiger partial charge in [0.25, 0.3) is 0 Å². The highest BCUT2D eigenvalue weighted by Gasteiger charge is 2.17. The van der Waals surface area contributed by atoms with E-state index in [1.54, 1.807) is 42.5 Å². The Morgan fingerprint density at radius 3 is 2.77 bits per heavy atom. The molecule has 3 aromatic rings. The van der Waals surface area contributed by atoms with Crippen molar-refractivity contribution in [1.29, 1.82) is 0 Å². The second-order valence-electron chi connectivity index (χ2n) is 4.37. The lowest BCUT2D eigenvalue weighted by Crippen LogP contribution is -2.33. The number of nitrogens with one attached hydrogen (secondary N) is 1. The molecule has 2 aromatic carbocycles. The molecule has 0 unspecified atom stereocenters. The number of anilines is 2. The van der Waals surface area contributed by atoms with Gasteiger partial charge in [0.1, 0.15) is 5.52 Å². The molecular formula is C15H10ClN3O3. The Labute approximate surface area is 130 Å². The van der Waals surface area contributed by atoms with Crippen molar-refractivity contribution < 1.29 is 14.0 Å². The Morgan fingerprint density at radius 1 is 1.23 bits per heavy atom. The third-order valence-electron chi connectivity index (χ3n) is 2.92. The SMILES string of the molecule is O=CN(C(=O)Nc1nc2ccccc2o1)c1cccc(Cl)c1. The standard InChI is InChI=1S/C15H10ClN3O3/c16-10-4-3-5-11(8-10)19(9-20)15(21)18-14-17-12-6-1-2-7-13(12)22-14/h1-9H,(H,17,18,21). The number of amides is 3. The molecule has 0 saturated carbocycles. The summed E-state index contributed by atoms with van der Waals surface area (Å²) in [5.41, 5.74) is 1.49. The quantitative estimate of drug-likeness (QED) is 0.748. The molecule has 7 heteroatoms. The zero-order valence-electron chi connectivity index (χ0n) is 11.2. The van der Waals surface area contributed by atoms with E-state index in [0.717, 1.165) is 4.90 Å². The molecule has 0 fully saturated rings. The van der Waals surface area contributed by atoms with Gasteiger partial charge in [-0.1, -0.05) is 29.8 Å². The lowest BCUT2D eigenvalue weighted by molar-refractivity contribution is -0.106. The summed E-state index contributed by atoms with van der Waals surface area (Å²) in [7, 11) is 0. The molecule has 1 N–H and O–H groups in total. The first-order chi connectivity index (χ1) is 10.7. The average molecular weight is 316 g/mol. The van der Waals surface area contributed by atoms with E-state index in [1.165, 1.54) is 6.07 Å². The molecule has 0 atom stereocenters. The molecule has 1 heterocycles. The fourth-order valence-corrected chi connectivity index (χ4v) is 2.11. The smallest absolute Gasteiger partial charge is 0.336 e. The van der Waals surface area contributed by atoms with Gasteiger partial charge in [0, 0.05) is 5.02 Å². The van der Waals surface area contributed by atoms with Gasteiger partial charge < -0.3 is 4.42 Å². The van der Waals surface area contributed by atoms with Crippen LogP contribution in [0.1, 0.15) is 0 Å². The normalized spacial score (nSPS) is 10.4. The van der Waals surface area contributed by atoms with Crippen LogP contribution in [-0.2, 0) is 4.79 Å². The first-order valence-electron chi connectivity index (χ1n) is 6.34. The van der Waals surface area contributed by atoms with Crippen LogP contribution in [0.2, 0.25) is 5.02 Å². The molecule has 110 valence electrons. The summed E-state index contributed by atoms with van der Waals surface area (Å²) >= 11 is 5.86. The monoisotopic (exact) mass is 315 g/mol. The van der Waals surface area contributed by atoms with Crippen LogP contribution >= 0.6 is 11.6 Å². The number of para-hydroxylation sites is 2. The molecular weight excluding hydrogens is 306 g/mol. The predicted molar refractivity (Wildman–Crippen MR) is 83.0 cm³/mol. The molecule has 6 nitrogen and oxygen atoms in total. The van der Waals surface area contributed by atoms with Gasteiger partial charge in [-0.15, -0.1) is 0 Å². The lowest BCUT2D eigenvalue weighted by Gasteiger charge is -2.15. The number of aromatic nitrogens is 1. The van der Waals surface area contributed by atoms with Crippen molar-refractivity contribution >= 4 is 46.8 Å². The minimum atomic E-state index is -0.691. The van der Waals surface area contributed by atoms with Gasteiger partial charge in [0.05, 0.1) is 5.69 Å². The Kier molecular flexibility index (Phi) is 3.76. The minimum Gasteiger partial charge on any atom is -0.423 e. The fraction of sp³-hybridized carbons (Fsp3) is 0. The van der Waals surface area contributed by atoms with E-state index < -0.39 is 6.03 Å².